The molecule has 2 rings (SSSR count). The molecule has 2 atom stereocenters. The van der Waals surface area contributed by atoms with Crippen LogP contribution < -0.4 is 10.6 Å². The van der Waals surface area contributed by atoms with Gasteiger partial charge in [-0.3, -0.25) is 19.2 Å². The van der Waals surface area contributed by atoms with E-state index in [0.29, 0.717) is 24.9 Å². The van der Waals surface area contributed by atoms with Crippen molar-refractivity contribution < 1.29 is 19.2 Å². The number of rotatable bonds is 9. The summed E-state index contributed by atoms with van der Waals surface area (Å²) in [5.74, 6) is 0.343. The molecule has 42 heavy (non-hydrogen) atoms. The molecule has 0 unspecified atom stereocenters. The molecule has 4 amide bonds. The highest BCUT2D eigenvalue weighted by Gasteiger charge is 2.36. The van der Waals surface area contributed by atoms with E-state index >= 15 is 0 Å². The van der Waals surface area contributed by atoms with Crippen LogP contribution in [0.5, 0.6) is 0 Å². The van der Waals surface area contributed by atoms with Crippen LogP contribution in [0.3, 0.4) is 0 Å². The third-order valence-corrected chi connectivity index (χ3v) is 7.05. The Morgan fingerprint density at radius 3 is 1.90 bits per heavy atom. The Hall–Kier alpha value is -2.42. The van der Waals surface area contributed by atoms with E-state index in [9.17, 15) is 19.2 Å². The number of carbonyl (C=O) groups excluding carboxylic acids is 4. The predicted octanol–water partition coefficient (Wildman–Crippen LogP) is 4.61. The molecule has 2 aliphatic heterocycles. The maximum absolute atomic E-state index is 13.1. The molecule has 9 nitrogen and oxygen atoms in total. The minimum Gasteiger partial charge on any atom is -0.350 e. The van der Waals surface area contributed by atoms with Gasteiger partial charge in [0.15, 0.2) is 0 Å². The summed E-state index contributed by atoms with van der Waals surface area (Å²) in [6.45, 7) is 25.6. The van der Waals surface area contributed by atoms with Gasteiger partial charge in [-0.25, -0.2) is 0 Å². The SMILES string of the molecule is C/C(=C\[C@H](C(C)C)N(C)C(=O)CNC=O)C(=O)N1CCC[C@H]1C(=O)NC(C)(C)C.CC(C)C.CC(C)N1CCCCC1. The molecule has 0 aromatic rings. The number of likely N-dealkylation sites (N-methyl/N-ethyl adjacent to an activating group) is 1. The van der Waals surface area contributed by atoms with E-state index in [4.69, 9.17) is 0 Å². The number of nitrogens with zero attached hydrogens (tertiary/aromatic N) is 3. The number of hydrogen-bond donors (Lipinski definition) is 2. The van der Waals surface area contributed by atoms with Gasteiger partial charge in [-0.15, -0.1) is 0 Å². The van der Waals surface area contributed by atoms with Gasteiger partial charge in [-0.05, 0) is 92.2 Å². The Kier molecular flexibility index (Phi) is 18.6. The normalized spacial score (nSPS) is 18.5. The molecule has 2 fully saturated rings. The van der Waals surface area contributed by atoms with Crippen molar-refractivity contribution in [2.75, 3.05) is 33.2 Å². The molecule has 0 radical (unpaired) electrons. The first kappa shape index (κ1) is 39.6. The average molecular weight is 594 g/mol. The van der Waals surface area contributed by atoms with E-state index in [1.807, 2.05) is 34.6 Å². The number of piperidine rings is 1. The fraction of sp³-hybridized carbons (Fsp3) is 0.818. The fourth-order valence-corrected chi connectivity index (χ4v) is 4.90. The van der Waals surface area contributed by atoms with Crippen molar-refractivity contribution in [3.05, 3.63) is 11.6 Å². The van der Waals surface area contributed by atoms with Crippen LogP contribution in [0.2, 0.25) is 0 Å². The molecule has 9 heteroatoms. The van der Waals surface area contributed by atoms with Crippen LogP contribution >= 0.6 is 0 Å². The van der Waals surface area contributed by atoms with Crippen LogP contribution in [0.1, 0.15) is 108 Å². The highest BCUT2D eigenvalue weighted by Crippen LogP contribution is 2.22. The highest BCUT2D eigenvalue weighted by atomic mass is 16.2. The lowest BCUT2D eigenvalue weighted by Gasteiger charge is -2.31. The largest absolute Gasteiger partial charge is 0.350 e. The lowest BCUT2D eigenvalue weighted by atomic mass is 9.99. The van der Waals surface area contributed by atoms with E-state index in [-0.39, 0.29) is 41.8 Å². The van der Waals surface area contributed by atoms with Crippen molar-refractivity contribution in [2.45, 2.75) is 132 Å². The van der Waals surface area contributed by atoms with Crippen molar-refractivity contribution in [1.29, 1.82) is 0 Å². The molecule has 0 aromatic carbocycles. The van der Waals surface area contributed by atoms with Crippen molar-refractivity contribution in [2.24, 2.45) is 11.8 Å². The minimum absolute atomic E-state index is 0.0708. The molecule has 0 aromatic heterocycles. The maximum Gasteiger partial charge on any atom is 0.249 e. The van der Waals surface area contributed by atoms with E-state index in [1.165, 1.54) is 37.3 Å². The third kappa shape index (κ3) is 15.7. The topological polar surface area (TPSA) is 102 Å². The Morgan fingerprint density at radius 2 is 1.48 bits per heavy atom. The Balaban J connectivity index is 0.00000106. The van der Waals surface area contributed by atoms with Gasteiger partial charge < -0.3 is 25.3 Å². The zero-order chi connectivity index (χ0) is 32.6. The third-order valence-electron chi connectivity index (χ3n) is 7.05. The molecule has 0 spiro atoms. The van der Waals surface area contributed by atoms with Crippen LogP contribution in [0.25, 0.3) is 0 Å². The van der Waals surface area contributed by atoms with Crippen molar-refractivity contribution in [3.63, 3.8) is 0 Å². The molecule has 244 valence electrons. The minimum atomic E-state index is -0.473. The van der Waals surface area contributed by atoms with Gasteiger partial charge in [-0.1, -0.05) is 47.1 Å². The number of carbonyl (C=O) groups is 4. The van der Waals surface area contributed by atoms with E-state index < -0.39 is 6.04 Å². The summed E-state index contributed by atoms with van der Waals surface area (Å²) in [5.41, 5.74) is 0.142. The summed E-state index contributed by atoms with van der Waals surface area (Å²) in [7, 11) is 1.66. The Morgan fingerprint density at radius 1 is 0.929 bits per heavy atom. The van der Waals surface area contributed by atoms with Crippen LogP contribution in [0.15, 0.2) is 11.6 Å². The first-order valence-electron chi connectivity index (χ1n) is 15.9. The Labute approximate surface area is 257 Å². The highest BCUT2D eigenvalue weighted by molar-refractivity contribution is 5.97. The van der Waals surface area contributed by atoms with Gasteiger partial charge in [0.1, 0.15) is 6.04 Å². The predicted molar refractivity (Wildman–Crippen MR) is 173 cm³/mol. The molecule has 2 aliphatic rings. The summed E-state index contributed by atoms with van der Waals surface area (Å²) in [5, 5.41) is 5.32. The van der Waals surface area contributed by atoms with Crippen molar-refractivity contribution in [1.82, 2.24) is 25.3 Å². The van der Waals surface area contributed by atoms with E-state index in [1.54, 1.807) is 24.9 Å². The van der Waals surface area contributed by atoms with Gasteiger partial charge in [0, 0.05) is 30.7 Å². The summed E-state index contributed by atoms with van der Waals surface area (Å²) in [6, 6.07) is -0.00613. The van der Waals surface area contributed by atoms with Crippen molar-refractivity contribution >= 4 is 24.1 Å². The van der Waals surface area contributed by atoms with Crippen molar-refractivity contribution in [3.8, 4) is 0 Å². The zero-order valence-corrected chi connectivity index (χ0v) is 28.9. The van der Waals surface area contributed by atoms with Gasteiger partial charge in [0.25, 0.3) is 0 Å². The first-order valence-corrected chi connectivity index (χ1v) is 15.9. The summed E-state index contributed by atoms with van der Waals surface area (Å²) >= 11 is 0. The van der Waals surface area contributed by atoms with Crippen LogP contribution in [-0.4, -0.2) is 95.7 Å². The van der Waals surface area contributed by atoms with Gasteiger partial charge >= 0.3 is 0 Å². The maximum atomic E-state index is 13.1. The van der Waals surface area contributed by atoms with Gasteiger partial charge in [0.2, 0.25) is 24.1 Å². The lowest BCUT2D eigenvalue weighted by Crippen LogP contribution is -2.51. The molecule has 0 aliphatic carbocycles. The number of likely N-dealkylation sites (tertiary alicyclic amines) is 2. The summed E-state index contributed by atoms with van der Waals surface area (Å²) < 4.78 is 0. The van der Waals surface area contributed by atoms with Gasteiger partial charge in [-0.2, -0.15) is 0 Å². The second-order valence-corrected chi connectivity index (χ2v) is 13.9. The summed E-state index contributed by atoms with van der Waals surface area (Å²) in [6.07, 6.45) is 7.97. The Bertz CT molecular complexity index is 854. The van der Waals surface area contributed by atoms with Gasteiger partial charge in [0.05, 0.1) is 12.6 Å². The monoisotopic (exact) mass is 593 g/mol. The molecular formula is C33H63N5O4. The van der Waals surface area contributed by atoms with E-state index in [2.05, 4.69) is 50.2 Å². The quantitative estimate of drug-likeness (QED) is 0.300. The fourth-order valence-electron chi connectivity index (χ4n) is 4.90. The molecule has 2 saturated heterocycles. The molecule has 0 bridgehead atoms. The zero-order valence-electron chi connectivity index (χ0n) is 28.9. The number of amides is 4. The molecule has 2 heterocycles. The summed E-state index contributed by atoms with van der Waals surface area (Å²) in [4.78, 5) is 54.1. The van der Waals surface area contributed by atoms with Crippen LogP contribution in [-0.2, 0) is 19.2 Å². The number of hydrogen-bond acceptors (Lipinski definition) is 5. The van der Waals surface area contributed by atoms with Crippen LogP contribution in [0.4, 0.5) is 0 Å². The average Bonchev–Trinajstić information content (AvgIpc) is 3.39. The smallest absolute Gasteiger partial charge is 0.249 e. The lowest BCUT2D eigenvalue weighted by molar-refractivity contribution is -0.136. The van der Waals surface area contributed by atoms with Crippen LogP contribution in [0, 0.1) is 11.8 Å². The molecular weight excluding hydrogens is 530 g/mol. The van der Waals surface area contributed by atoms with E-state index in [0.717, 1.165) is 18.4 Å². The molecule has 0 saturated carbocycles. The standard InChI is InChI=1S/C21H36N4O4.C8H17N.C4H10/c1-14(2)17(24(7)18(27)12-22-13-26)11-15(3)20(29)25-10-8-9-16(25)19(28)23-21(4,5)6;1-8(2)9-6-4-3-5-7-9;1-4(2)3/h11,13-14,16-17H,8-10,12H2,1-7H3,(H,22,26)(H,23,28);8H,3-7H2,1-2H3;4H,1-3H3/b15-11+;;/t16-,17+;;/m0../s1. The molecule has 2 N–H and O–H groups in total. The second kappa shape index (κ2) is 19.7. The number of nitrogens with one attached hydrogen (secondary N) is 2. The second-order valence-electron chi connectivity index (χ2n) is 13.9. The first-order chi connectivity index (χ1) is 19.4.